The Morgan fingerprint density at radius 3 is 2.68 bits per heavy atom. The van der Waals surface area contributed by atoms with E-state index in [2.05, 4.69) is 15.4 Å². The minimum atomic E-state index is -0.468. The first kappa shape index (κ1) is 20.4. The van der Waals surface area contributed by atoms with Gasteiger partial charge in [-0.05, 0) is 49.7 Å². The standard InChI is InChI=1S/C23H17N5O5S/c1-11-12(2)34-23-25-22(26-28(11)23)24-19(29)14-4-5-15-16(8-14)21(31)27(20(15)30)9-13-3-6-17-18(7-13)33-10-32-17/h3-8H,9-10H2,1-2H3,(H,24,26,29). The molecule has 4 aromatic rings. The third-order valence-corrected chi connectivity index (χ3v) is 6.93. The zero-order chi connectivity index (χ0) is 23.6. The molecule has 3 amide bonds. The van der Waals surface area contributed by atoms with E-state index in [0.717, 1.165) is 21.0 Å². The van der Waals surface area contributed by atoms with Gasteiger partial charge in [0.1, 0.15) is 0 Å². The number of aryl methyl sites for hydroxylation is 2. The molecule has 0 spiro atoms. The quantitative estimate of drug-likeness (QED) is 0.451. The largest absolute Gasteiger partial charge is 0.454 e. The molecule has 34 heavy (non-hydrogen) atoms. The molecule has 2 aromatic carbocycles. The van der Waals surface area contributed by atoms with Gasteiger partial charge in [0.05, 0.1) is 23.4 Å². The lowest BCUT2D eigenvalue weighted by atomic mass is 10.1. The third kappa shape index (κ3) is 3.12. The van der Waals surface area contributed by atoms with E-state index in [1.165, 1.54) is 29.5 Å². The predicted molar refractivity (Wildman–Crippen MR) is 122 cm³/mol. The second-order valence-corrected chi connectivity index (χ2v) is 9.15. The second kappa shape index (κ2) is 7.39. The van der Waals surface area contributed by atoms with Crippen LogP contribution in [0, 0.1) is 13.8 Å². The number of thiazole rings is 1. The van der Waals surface area contributed by atoms with Crippen molar-refractivity contribution in [3.63, 3.8) is 0 Å². The number of hydrogen-bond donors (Lipinski definition) is 1. The monoisotopic (exact) mass is 475 g/mol. The lowest BCUT2D eigenvalue weighted by molar-refractivity contribution is 0.0642. The number of carbonyl (C=O) groups is 3. The van der Waals surface area contributed by atoms with Crippen LogP contribution >= 0.6 is 11.3 Å². The highest BCUT2D eigenvalue weighted by Gasteiger charge is 2.36. The zero-order valence-corrected chi connectivity index (χ0v) is 18.9. The number of hydrogen-bond acceptors (Lipinski definition) is 8. The maximum absolute atomic E-state index is 13.0. The summed E-state index contributed by atoms with van der Waals surface area (Å²) in [6, 6.07) is 9.71. The number of nitrogens with zero attached hydrogens (tertiary/aromatic N) is 4. The molecule has 2 aliphatic rings. The molecular weight excluding hydrogens is 458 g/mol. The molecule has 0 aliphatic carbocycles. The van der Waals surface area contributed by atoms with Gasteiger partial charge in [-0.15, -0.1) is 5.10 Å². The summed E-state index contributed by atoms with van der Waals surface area (Å²) in [6.07, 6.45) is 0. The molecule has 4 heterocycles. The van der Waals surface area contributed by atoms with E-state index >= 15 is 0 Å². The number of ether oxygens (including phenoxy) is 2. The van der Waals surface area contributed by atoms with E-state index in [-0.39, 0.29) is 36.0 Å². The van der Waals surface area contributed by atoms with Crippen LogP contribution in [0.3, 0.4) is 0 Å². The molecular formula is C23H17N5O5S. The highest BCUT2D eigenvalue weighted by molar-refractivity contribution is 7.17. The van der Waals surface area contributed by atoms with Gasteiger partial charge in [0.25, 0.3) is 23.7 Å². The summed E-state index contributed by atoms with van der Waals surface area (Å²) >= 11 is 1.48. The summed E-state index contributed by atoms with van der Waals surface area (Å²) in [6.45, 7) is 4.13. The van der Waals surface area contributed by atoms with Gasteiger partial charge in [0, 0.05) is 10.4 Å². The first-order chi connectivity index (χ1) is 16.4. The molecule has 6 rings (SSSR count). The maximum Gasteiger partial charge on any atom is 0.261 e. The Bertz CT molecular complexity index is 1540. The molecule has 0 radical (unpaired) electrons. The van der Waals surface area contributed by atoms with Crippen molar-refractivity contribution < 1.29 is 23.9 Å². The normalized spacial score (nSPS) is 14.2. The number of fused-ring (bicyclic) bond motifs is 3. The van der Waals surface area contributed by atoms with Crippen LogP contribution in [0.15, 0.2) is 36.4 Å². The van der Waals surface area contributed by atoms with Crippen LogP contribution < -0.4 is 14.8 Å². The number of nitrogens with one attached hydrogen (secondary N) is 1. The minimum absolute atomic E-state index is 0.0819. The summed E-state index contributed by atoms with van der Waals surface area (Å²) in [5.74, 6) is 0.0346. The molecule has 0 bridgehead atoms. The van der Waals surface area contributed by atoms with Crippen molar-refractivity contribution in [2.75, 3.05) is 12.1 Å². The first-order valence-corrected chi connectivity index (χ1v) is 11.2. The average Bonchev–Trinajstić information content (AvgIpc) is 3.56. The van der Waals surface area contributed by atoms with Crippen LogP contribution in [0.4, 0.5) is 5.95 Å². The van der Waals surface area contributed by atoms with Crippen molar-refractivity contribution >= 4 is 40.0 Å². The second-order valence-electron chi connectivity index (χ2n) is 7.97. The van der Waals surface area contributed by atoms with Crippen molar-refractivity contribution in [3.05, 3.63) is 69.2 Å². The Morgan fingerprint density at radius 1 is 1.06 bits per heavy atom. The number of carbonyl (C=O) groups excluding carboxylic acids is 3. The molecule has 2 aliphatic heterocycles. The highest BCUT2D eigenvalue weighted by Crippen LogP contribution is 2.34. The maximum atomic E-state index is 13.0. The number of amides is 3. The van der Waals surface area contributed by atoms with Crippen LogP contribution in [-0.4, -0.2) is 44.0 Å². The minimum Gasteiger partial charge on any atom is -0.454 e. The van der Waals surface area contributed by atoms with Gasteiger partial charge < -0.3 is 9.47 Å². The van der Waals surface area contributed by atoms with Crippen LogP contribution in [0.1, 0.15) is 47.2 Å². The Labute approximate surface area is 196 Å². The Kier molecular flexibility index (Phi) is 4.42. The smallest absolute Gasteiger partial charge is 0.261 e. The fourth-order valence-electron chi connectivity index (χ4n) is 3.97. The molecule has 0 atom stereocenters. The van der Waals surface area contributed by atoms with Crippen molar-refractivity contribution in [1.82, 2.24) is 19.5 Å². The number of benzene rings is 2. The molecule has 0 unspecified atom stereocenters. The van der Waals surface area contributed by atoms with Crippen LogP contribution in [0.25, 0.3) is 4.96 Å². The van der Waals surface area contributed by atoms with Gasteiger partial charge >= 0.3 is 0 Å². The number of aromatic nitrogens is 3. The lowest BCUT2D eigenvalue weighted by Crippen LogP contribution is -2.29. The molecule has 1 N–H and O–H groups in total. The average molecular weight is 475 g/mol. The third-order valence-electron chi connectivity index (χ3n) is 5.88. The molecule has 170 valence electrons. The van der Waals surface area contributed by atoms with Gasteiger partial charge in [-0.2, -0.15) is 4.98 Å². The van der Waals surface area contributed by atoms with E-state index in [1.807, 2.05) is 13.8 Å². The van der Waals surface area contributed by atoms with Crippen molar-refractivity contribution in [1.29, 1.82) is 0 Å². The predicted octanol–water partition coefficient (Wildman–Crippen LogP) is 3.18. The van der Waals surface area contributed by atoms with Crippen LogP contribution in [0.2, 0.25) is 0 Å². The molecule has 10 nitrogen and oxygen atoms in total. The van der Waals surface area contributed by atoms with Crippen molar-refractivity contribution in [3.8, 4) is 11.5 Å². The van der Waals surface area contributed by atoms with E-state index in [9.17, 15) is 14.4 Å². The zero-order valence-electron chi connectivity index (χ0n) is 18.1. The van der Waals surface area contributed by atoms with Gasteiger partial charge in [-0.25, -0.2) is 4.52 Å². The highest BCUT2D eigenvalue weighted by atomic mass is 32.1. The van der Waals surface area contributed by atoms with E-state index in [0.29, 0.717) is 16.5 Å². The van der Waals surface area contributed by atoms with E-state index < -0.39 is 17.7 Å². The molecule has 2 aromatic heterocycles. The number of rotatable bonds is 4. The Balaban J connectivity index is 1.22. The Hall–Kier alpha value is -4.25. The topological polar surface area (TPSA) is 115 Å². The summed E-state index contributed by atoms with van der Waals surface area (Å²) in [4.78, 5) is 46.0. The fraction of sp³-hybridized carbons (Fsp3) is 0.174. The molecule has 11 heteroatoms. The number of imide groups is 1. The van der Waals surface area contributed by atoms with Gasteiger partial charge in [0.15, 0.2) is 11.5 Å². The van der Waals surface area contributed by atoms with Crippen LogP contribution in [-0.2, 0) is 6.54 Å². The lowest BCUT2D eigenvalue weighted by Gasteiger charge is -2.14. The molecule has 0 saturated carbocycles. The van der Waals surface area contributed by atoms with Gasteiger partial charge in [0.2, 0.25) is 11.8 Å². The Morgan fingerprint density at radius 2 is 1.85 bits per heavy atom. The summed E-state index contributed by atoms with van der Waals surface area (Å²) in [5.41, 5.74) is 2.36. The summed E-state index contributed by atoms with van der Waals surface area (Å²) in [5, 5.41) is 6.98. The van der Waals surface area contributed by atoms with Gasteiger partial charge in [-0.3, -0.25) is 24.6 Å². The van der Waals surface area contributed by atoms with E-state index in [1.54, 1.807) is 22.7 Å². The SMILES string of the molecule is Cc1sc2nc(NC(=O)c3ccc4c(c3)C(=O)N(Cc3ccc5c(c3)OCO5)C4=O)nn2c1C. The molecule has 0 fully saturated rings. The van der Waals surface area contributed by atoms with Gasteiger partial charge in [-0.1, -0.05) is 17.4 Å². The van der Waals surface area contributed by atoms with Crippen molar-refractivity contribution in [2.24, 2.45) is 0 Å². The first-order valence-electron chi connectivity index (χ1n) is 10.4. The summed E-state index contributed by atoms with van der Waals surface area (Å²) < 4.78 is 12.3. The van der Waals surface area contributed by atoms with E-state index in [4.69, 9.17) is 9.47 Å². The fourth-order valence-corrected chi connectivity index (χ4v) is 4.87. The number of anilines is 1. The van der Waals surface area contributed by atoms with Crippen molar-refractivity contribution in [2.45, 2.75) is 20.4 Å². The molecule has 0 saturated heterocycles. The summed E-state index contributed by atoms with van der Waals surface area (Å²) in [7, 11) is 0. The van der Waals surface area contributed by atoms with Crippen LogP contribution in [0.5, 0.6) is 11.5 Å².